The average Bonchev–Trinajstić information content (AvgIpc) is 0.850. The van der Waals surface area contributed by atoms with Gasteiger partial charge in [-0.2, -0.15) is 0 Å². The summed E-state index contributed by atoms with van der Waals surface area (Å²) in [5, 5.41) is 10.6. The van der Waals surface area contributed by atoms with Gasteiger partial charge in [0.25, 0.3) is 23.6 Å². The van der Waals surface area contributed by atoms with E-state index >= 15 is 0 Å². The highest BCUT2D eigenvalue weighted by molar-refractivity contribution is 6.09. The lowest BCUT2D eigenvalue weighted by Crippen LogP contribution is -2.12. The van der Waals surface area contributed by atoms with Gasteiger partial charge in [-0.25, -0.2) is 38.4 Å². The quantitative estimate of drug-likeness (QED) is 0.0169. The number of hydrogen-bond donors (Lipinski definition) is 4. The minimum atomic E-state index is -0.563. The fourth-order valence-corrected chi connectivity index (χ4v) is 7.74. The third kappa shape index (κ3) is 33.0. The van der Waals surface area contributed by atoms with E-state index in [1.54, 1.807) is 191 Å². The minimum Gasteiger partial charge on any atom is -0.423 e. The van der Waals surface area contributed by atoms with Crippen molar-refractivity contribution in [2.75, 3.05) is 21.3 Å². The Labute approximate surface area is 671 Å². The van der Waals surface area contributed by atoms with Gasteiger partial charge in [0.05, 0.1) is 11.1 Å². The molecule has 0 saturated heterocycles. The summed E-state index contributed by atoms with van der Waals surface area (Å²) in [6.07, 6.45) is 0. The van der Waals surface area contributed by atoms with Gasteiger partial charge < -0.3 is 59.2 Å². The summed E-state index contributed by atoms with van der Waals surface area (Å²) in [5.41, 5.74) is 7.13. The molecule has 0 bridgehead atoms. The van der Waals surface area contributed by atoms with Gasteiger partial charge in [-0.1, -0.05) is 71.9 Å². The first-order valence-electron chi connectivity index (χ1n) is 34.5. The fourth-order valence-electron chi connectivity index (χ4n) is 7.74. The van der Waals surface area contributed by atoms with Gasteiger partial charge in [0.1, 0.15) is 46.0 Å². The summed E-state index contributed by atoms with van der Waals surface area (Å²) in [6.45, 7) is 51.0. The molecule has 0 radical (unpaired) electrons. The van der Waals surface area contributed by atoms with E-state index in [4.69, 9.17) is 37.9 Å². The summed E-state index contributed by atoms with van der Waals surface area (Å²) in [6, 6.07) is 50.1. The molecule has 25 heteroatoms. The van der Waals surface area contributed by atoms with Crippen LogP contribution in [0.15, 0.2) is 316 Å². The lowest BCUT2D eigenvalue weighted by atomic mass is 10.0. The van der Waals surface area contributed by atoms with E-state index < -0.39 is 47.8 Å². The van der Waals surface area contributed by atoms with Crippen molar-refractivity contribution in [3.05, 3.63) is 338 Å². The van der Waals surface area contributed by atoms with E-state index in [1.165, 1.54) is 72.8 Å². The number of nitrogens with one attached hydrogen (secondary N) is 4. The zero-order valence-electron chi connectivity index (χ0n) is 65.6. The van der Waals surface area contributed by atoms with E-state index in [0.717, 1.165) is 0 Å². The highest BCUT2D eigenvalue weighted by Gasteiger charge is 2.17. The zero-order chi connectivity index (χ0) is 86.6. The molecule has 8 rings (SSSR count). The molecular formula is C91H86N4O21. The van der Waals surface area contributed by atoms with Gasteiger partial charge in [0, 0.05) is 95.7 Å². The fraction of sp³-hybridized carbons (Fsp3) is 0.110. The third-order valence-corrected chi connectivity index (χ3v) is 14.2. The zero-order valence-corrected chi connectivity index (χ0v) is 65.6. The molecule has 0 heterocycles. The van der Waals surface area contributed by atoms with Crippen LogP contribution in [0.1, 0.15) is 106 Å². The second-order valence-electron chi connectivity index (χ2n) is 25.3. The predicted octanol–water partition coefficient (Wildman–Crippen LogP) is 17.0. The molecule has 0 fully saturated rings. The van der Waals surface area contributed by atoms with E-state index in [0.29, 0.717) is 124 Å². The summed E-state index contributed by atoms with van der Waals surface area (Å²) in [4.78, 5) is 151. The van der Waals surface area contributed by atoms with Gasteiger partial charge >= 0.3 is 47.8 Å². The number of anilines is 4. The SMILES string of the molecule is C=C(C)C(=O)Nc1ccc(C(=O)Oc2ccc(OC(=O)C(=C)C)cc2)cc1.C=C(C)C(=O)Nc1ccc(OC(=O)C(=C)C)cc1.C=C(C)C(=O)Nc1ccc(OC(=O)c2ccc(OC(=O)C(=C)C)cc2)cc1.C=C(C)C(=O)Nc1cccc(OC(=O)C(=C)C)c1.C=C(C)C(=O)Oc1ccc(C(=O)c2ccc(OC(=O)C(=C)C)cc2)cc1. The van der Waals surface area contributed by atoms with Gasteiger partial charge in [-0.3, -0.25) is 24.0 Å². The minimum absolute atomic E-state index is 0.208. The van der Waals surface area contributed by atoms with Crippen LogP contribution < -0.4 is 59.2 Å². The standard InChI is InChI=1S/2C21H19NO5.C21H18O5.2C14H15NO3/c1-13(2)19(23)22-16-7-11-18(12-8-16)27-21(25)15-5-9-17(10-6-15)26-20(24)14(3)4;1-13(2)19(23)22-16-7-5-15(6-8-16)21(25)27-18-11-9-17(10-12-18)26-20(24)14(3)4;1-13(2)20(23)25-17-9-5-15(6-10-17)19(22)16-7-11-18(12-8-16)26-21(24)14(3)4;1-9(2)13(16)15-11-5-7-12(8-6-11)18-14(17)10(3)4;1-9(2)13(16)15-11-6-5-7-12(8-11)18-14(17)10(3)4/h2*5-12H,1,3H2,2,4H3,(H,22,23);5-12H,1,3H2,2,4H3;2*5-8H,1,3H2,2,4H3,(H,15,16). The van der Waals surface area contributed by atoms with Crippen LogP contribution in [0.25, 0.3) is 0 Å². The maximum absolute atomic E-state index is 12.5. The molecule has 0 saturated carbocycles. The van der Waals surface area contributed by atoms with Crippen molar-refractivity contribution in [2.45, 2.75) is 69.2 Å². The van der Waals surface area contributed by atoms with E-state index in [1.807, 2.05) is 0 Å². The number of hydrogen-bond acceptors (Lipinski definition) is 21. The van der Waals surface area contributed by atoms with Gasteiger partial charge in [-0.05, 0) is 251 Å². The van der Waals surface area contributed by atoms with Crippen LogP contribution in [0.4, 0.5) is 22.7 Å². The Morgan fingerprint density at radius 3 is 0.638 bits per heavy atom. The molecular weight excluding hydrogens is 1490 g/mol. The molecule has 0 aliphatic rings. The topological polar surface area (TPSA) is 344 Å². The van der Waals surface area contributed by atoms with Crippen molar-refractivity contribution in [3.8, 4) is 46.0 Å². The second kappa shape index (κ2) is 45.6. The largest absolute Gasteiger partial charge is 0.423 e. The molecule has 0 unspecified atom stereocenters. The van der Waals surface area contributed by atoms with E-state index in [9.17, 15) is 62.3 Å². The Balaban J connectivity index is 0.000000309. The summed E-state index contributed by atoms with van der Waals surface area (Å²) in [5.74, 6) is -2.87. The van der Waals surface area contributed by atoms with Crippen LogP contribution in [0.5, 0.6) is 46.0 Å². The Morgan fingerprint density at radius 2 is 0.397 bits per heavy atom. The van der Waals surface area contributed by atoms with Crippen molar-refractivity contribution in [1.82, 2.24) is 0 Å². The first-order valence-corrected chi connectivity index (χ1v) is 34.5. The Hall–Kier alpha value is -15.5. The highest BCUT2D eigenvalue weighted by atomic mass is 16.6. The first kappa shape index (κ1) is 92.9. The molecule has 0 atom stereocenters. The summed E-state index contributed by atoms with van der Waals surface area (Å²) in [7, 11) is 0. The van der Waals surface area contributed by atoms with Crippen LogP contribution in [-0.4, -0.2) is 77.2 Å². The molecule has 8 aromatic carbocycles. The number of amides is 4. The molecule has 8 aromatic rings. The van der Waals surface area contributed by atoms with Crippen LogP contribution in [0.2, 0.25) is 0 Å². The number of benzene rings is 8. The van der Waals surface area contributed by atoms with Crippen molar-refractivity contribution < 1.29 is 100 Å². The van der Waals surface area contributed by atoms with Gasteiger partial charge in [0.15, 0.2) is 5.78 Å². The third-order valence-electron chi connectivity index (χ3n) is 14.2. The predicted molar refractivity (Wildman–Crippen MR) is 441 cm³/mol. The summed E-state index contributed by atoms with van der Waals surface area (Å²) >= 11 is 0. The number of ether oxygens (including phenoxy) is 8. The smallest absolute Gasteiger partial charge is 0.343 e. The van der Waals surface area contributed by atoms with Crippen molar-refractivity contribution in [1.29, 1.82) is 0 Å². The number of carbonyl (C=O) groups is 13. The van der Waals surface area contributed by atoms with Crippen molar-refractivity contribution >= 4 is 99.9 Å². The van der Waals surface area contributed by atoms with E-state index in [-0.39, 0.29) is 51.7 Å². The number of esters is 8. The average molecular weight is 1570 g/mol. The molecule has 0 aliphatic carbocycles. The Morgan fingerprint density at radius 1 is 0.207 bits per heavy atom. The lowest BCUT2D eigenvalue weighted by Gasteiger charge is -2.08. The number of carbonyl (C=O) groups excluding carboxylic acids is 13. The van der Waals surface area contributed by atoms with Crippen LogP contribution in [0, 0.1) is 0 Å². The molecule has 0 spiro atoms. The number of rotatable bonds is 26. The van der Waals surface area contributed by atoms with Crippen molar-refractivity contribution in [2.24, 2.45) is 0 Å². The second-order valence-corrected chi connectivity index (χ2v) is 25.3. The van der Waals surface area contributed by atoms with Gasteiger partial charge in [0.2, 0.25) is 0 Å². The molecule has 25 nitrogen and oxygen atoms in total. The monoisotopic (exact) mass is 1570 g/mol. The molecule has 4 amide bonds. The van der Waals surface area contributed by atoms with Crippen LogP contribution in [0.3, 0.4) is 0 Å². The Kier molecular flexibility index (Phi) is 36.5. The van der Waals surface area contributed by atoms with Gasteiger partial charge in [-0.15, -0.1) is 0 Å². The first-order chi connectivity index (χ1) is 54.6. The molecule has 596 valence electrons. The molecule has 0 aromatic heterocycles. The molecule has 116 heavy (non-hydrogen) atoms. The normalized spacial score (nSPS) is 9.74. The highest BCUT2D eigenvalue weighted by Crippen LogP contribution is 2.26. The molecule has 0 aliphatic heterocycles. The lowest BCUT2D eigenvalue weighted by molar-refractivity contribution is -0.130. The van der Waals surface area contributed by atoms with Crippen LogP contribution >= 0.6 is 0 Å². The molecule has 4 N–H and O–H groups in total. The Bertz CT molecular complexity index is 4850. The maximum Gasteiger partial charge on any atom is 0.343 e. The van der Waals surface area contributed by atoms with Crippen LogP contribution in [-0.2, 0) is 47.9 Å². The van der Waals surface area contributed by atoms with E-state index in [2.05, 4.69) is 87.1 Å². The van der Waals surface area contributed by atoms with Crippen molar-refractivity contribution in [3.63, 3.8) is 0 Å². The summed E-state index contributed by atoms with van der Waals surface area (Å²) < 4.78 is 40.9. The number of ketones is 1. The maximum atomic E-state index is 12.5.